The van der Waals surface area contributed by atoms with Crippen LogP contribution in [0.15, 0.2) is 24.3 Å². The van der Waals surface area contributed by atoms with Gasteiger partial charge in [-0.05, 0) is 38.4 Å². The third-order valence-electron chi connectivity index (χ3n) is 3.79. The number of carbonyl (C=O) groups is 1. The summed E-state index contributed by atoms with van der Waals surface area (Å²) in [7, 11) is 0. The van der Waals surface area contributed by atoms with Gasteiger partial charge >= 0.3 is 5.97 Å². The number of nitrogens with zero attached hydrogens (tertiary/aromatic N) is 1. The lowest BCUT2D eigenvalue weighted by Crippen LogP contribution is -2.45. The number of carboxylic acid groups (broad SMARTS) is 1. The second-order valence-corrected chi connectivity index (χ2v) is 5.29. The van der Waals surface area contributed by atoms with Crippen LogP contribution in [0.2, 0.25) is 0 Å². The number of hydrogen-bond donors (Lipinski definition) is 2. The van der Waals surface area contributed by atoms with E-state index in [0.29, 0.717) is 6.04 Å². The van der Waals surface area contributed by atoms with E-state index in [1.54, 1.807) is 0 Å². The first-order chi connectivity index (χ1) is 9.09. The van der Waals surface area contributed by atoms with E-state index >= 15 is 0 Å². The molecule has 4 heteroatoms. The molecule has 0 bridgehead atoms. The Morgan fingerprint density at radius 3 is 2.89 bits per heavy atom. The molecular weight excluding hydrogens is 240 g/mol. The molecule has 2 atom stereocenters. The lowest BCUT2D eigenvalue weighted by Gasteiger charge is -2.37. The van der Waals surface area contributed by atoms with Crippen molar-refractivity contribution in [1.82, 2.24) is 5.32 Å². The number of hydrogen-bond acceptors (Lipinski definition) is 3. The van der Waals surface area contributed by atoms with E-state index in [4.69, 9.17) is 5.11 Å². The first-order valence-corrected chi connectivity index (χ1v) is 6.86. The maximum atomic E-state index is 11.1. The van der Waals surface area contributed by atoms with Crippen LogP contribution in [-0.2, 0) is 4.79 Å². The van der Waals surface area contributed by atoms with Crippen LogP contribution in [0.1, 0.15) is 25.3 Å². The van der Waals surface area contributed by atoms with Gasteiger partial charge < -0.3 is 15.3 Å². The maximum absolute atomic E-state index is 11.1. The predicted octanol–water partition coefficient (Wildman–Crippen LogP) is 2.03. The third-order valence-corrected chi connectivity index (χ3v) is 3.79. The summed E-state index contributed by atoms with van der Waals surface area (Å²) in [5.74, 6) is -0.737. The lowest BCUT2D eigenvalue weighted by atomic mass is 10.0. The molecule has 19 heavy (non-hydrogen) atoms. The molecule has 0 aliphatic carbocycles. The summed E-state index contributed by atoms with van der Waals surface area (Å²) in [6.07, 6.45) is 1.20. The molecule has 0 amide bonds. The summed E-state index contributed by atoms with van der Waals surface area (Å²) in [5, 5.41) is 12.5. The predicted molar refractivity (Wildman–Crippen MR) is 76.6 cm³/mol. The molecule has 1 fully saturated rings. The molecule has 1 aliphatic heterocycles. The van der Waals surface area contributed by atoms with Crippen molar-refractivity contribution in [1.29, 1.82) is 0 Å². The molecule has 104 valence electrons. The first kappa shape index (κ1) is 13.9. The van der Waals surface area contributed by atoms with Crippen LogP contribution in [0.4, 0.5) is 5.69 Å². The van der Waals surface area contributed by atoms with Crippen molar-refractivity contribution in [2.24, 2.45) is 0 Å². The second kappa shape index (κ2) is 6.06. The zero-order valence-corrected chi connectivity index (χ0v) is 11.6. The average Bonchev–Trinajstić information content (AvgIpc) is 2.52. The quantitative estimate of drug-likeness (QED) is 0.875. The number of para-hydroxylation sites is 1. The number of aliphatic carboxylic acids is 1. The Bertz CT molecular complexity index is 448. The molecular formula is C15H22N2O2. The SMILES string of the molecule is Cc1ccccc1N1C(C)CCNCC1CC(=O)O. The van der Waals surface area contributed by atoms with Crippen LogP contribution in [0.3, 0.4) is 0 Å². The smallest absolute Gasteiger partial charge is 0.305 e. The van der Waals surface area contributed by atoms with Crippen molar-refractivity contribution < 1.29 is 9.90 Å². The zero-order chi connectivity index (χ0) is 13.8. The van der Waals surface area contributed by atoms with Crippen molar-refractivity contribution in [2.45, 2.75) is 38.8 Å². The largest absolute Gasteiger partial charge is 0.481 e. The molecule has 2 rings (SSSR count). The highest BCUT2D eigenvalue weighted by Crippen LogP contribution is 2.27. The van der Waals surface area contributed by atoms with Crippen molar-refractivity contribution in [3.05, 3.63) is 29.8 Å². The summed E-state index contributed by atoms with van der Waals surface area (Å²) < 4.78 is 0. The second-order valence-electron chi connectivity index (χ2n) is 5.29. The molecule has 0 saturated carbocycles. The topological polar surface area (TPSA) is 52.6 Å². The van der Waals surface area contributed by atoms with Crippen molar-refractivity contribution >= 4 is 11.7 Å². The van der Waals surface area contributed by atoms with E-state index in [-0.39, 0.29) is 12.5 Å². The van der Waals surface area contributed by atoms with Crippen LogP contribution in [0.25, 0.3) is 0 Å². The van der Waals surface area contributed by atoms with Gasteiger partial charge in [0.1, 0.15) is 0 Å². The zero-order valence-electron chi connectivity index (χ0n) is 11.6. The summed E-state index contributed by atoms with van der Waals surface area (Å²) >= 11 is 0. The number of carboxylic acids is 1. The summed E-state index contributed by atoms with van der Waals surface area (Å²) in [5.41, 5.74) is 2.36. The van der Waals surface area contributed by atoms with Gasteiger partial charge in [0.15, 0.2) is 0 Å². The summed E-state index contributed by atoms with van der Waals surface area (Å²) in [4.78, 5) is 13.4. The van der Waals surface area contributed by atoms with Gasteiger partial charge in [-0.25, -0.2) is 0 Å². The number of aryl methyl sites for hydroxylation is 1. The fraction of sp³-hybridized carbons (Fsp3) is 0.533. The Balaban J connectivity index is 2.34. The molecule has 0 aromatic heterocycles. The molecule has 2 unspecified atom stereocenters. The Morgan fingerprint density at radius 1 is 1.47 bits per heavy atom. The van der Waals surface area contributed by atoms with Gasteiger partial charge in [0, 0.05) is 18.3 Å². The van der Waals surface area contributed by atoms with Gasteiger partial charge in [-0.2, -0.15) is 0 Å². The number of rotatable bonds is 3. The molecule has 1 aromatic rings. The Hall–Kier alpha value is -1.55. The van der Waals surface area contributed by atoms with Gasteiger partial charge in [-0.3, -0.25) is 4.79 Å². The lowest BCUT2D eigenvalue weighted by molar-refractivity contribution is -0.137. The van der Waals surface area contributed by atoms with Crippen molar-refractivity contribution in [2.75, 3.05) is 18.0 Å². The average molecular weight is 262 g/mol. The molecule has 1 aliphatic rings. The Kier molecular flexibility index (Phi) is 4.43. The van der Waals surface area contributed by atoms with Gasteiger partial charge in [0.2, 0.25) is 0 Å². The highest BCUT2D eigenvalue weighted by molar-refractivity contribution is 5.69. The highest BCUT2D eigenvalue weighted by Gasteiger charge is 2.28. The first-order valence-electron chi connectivity index (χ1n) is 6.86. The molecule has 0 radical (unpaired) electrons. The van der Waals surface area contributed by atoms with Crippen LogP contribution in [0, 0.1) is 6.92 Å². The minimum Gasteiger partial charge on any atom is -0.481 e. The molecule has 1 heterocycles. The standard InChI is InChI=1S/C15H22N2O2/c1-11-5-3-4-6-14(11)17-12(2)7-8-16-10-13(17)9-15(18)19/h3-6,12-13,16H,7-10H2,1-2H3,(H,18,19). The van der Waals surface area contributed by atoms with Gasteiger partial charge in [0.25, 0.3) is 0 Å². The molecule has 0 spiro atoms. The maximum Gasteiger partial charge on any atom is 0.305 e. The van der Waals surface area contributed by atoms with Crippen LogP contribution >= 0.6 is 0 Å². The van der Waals surface area contributed by atoms with E-state index in [2.05, 4.69) is 36.2 Å². The summed E-state index contributed by atoms with van der Waals surface area (Å²) in [6, 6.07) is 8.57. The van der Waals surface area contributed by atoms with Crippen molar-refractivity contribution in [3.8, 4) is 0 Å². The third kappa shape index (κ3) is 3.26. The van der Waals surface area contributed by atoms with Gasteiger partial charge in [0.05, 0.1) is 12.5 Å². The van der Waals surface area contributed by atoms with Crippen molar-refractivity contribution in [3.63, 3.8) is 0 Å². The molecule has 4 nitrogen and oxygen atoms in total. The number of nitrogens with one attached hydrogen (secondary N) is 1. The number of anilines is 1. The van der Waals surface area contributed by atoms with E-state index < -0.39 is 5.97 Å². The Morgan fingerprint density at radius 2 is 2.21 bits per heavy atom. The molecule has 2 N–H and O–H groups in total. The number of benzene rings is 1. The normalized spacial score (nSPS) is 24.0. The van der Waals surface area contributed by atoms with E-state index in [1.807, 2.05) is 12.1 Å². The fourth-order valence-electron chi connectivity index (χ4n) is 2.84. The minimum absolute atomic E-state index is 0.0103. The van der Waals surface area contributed by atoms with E-state index in [1.165, 1.54) is 5.56 Å². The van der Waals surface area contributed by atoms with Crippen LogP contribution < -0.4 is 10.2 Å². The highest BCUT2D eigenvalue weighted by atomic mass is 16.4. The van der Waals surface area contributed by atoms with Gasteiger partial charge in [-0.1, -0.05) is 18.2 Å². The van der Waals surface area contributed by atoms with Gasteiger partial charge in [-0.15, -0.1) is 0 Å². The monoisotopic (exact) mass is 262 g/mol. The van der Waals surface area contributed by atoms with E-state index in [0.717, 1.165) is 25.2 Å². The minimum atomic E-state index is -0.737. The molecule has 1 saturated heterocycles. The molecule has 1 aromatic carbocycles. The summed E-state index contributed by atoms with van der Waals surface area (Å²) in [6.45, 7) is 5.93. The van der Waals surface area contributed by atoms with Crippen LogP contribution in [-0.4, -0.2) is 36.2 Å². The Labute approximate surface area is 114 Å². The fourth-order valence-corrected chi connectivity index (χ4v) is 2.84. The van der Waals surface area contributed by atoms with E-state index in [9.17, 15) is 4.79 Å². The van der Waals surface area contributed by atoms with Crippen LogP contribution in [0.5, 0.6) is 0 Å².